The molecule has 1 aliphatic carbocycles. The number of thiazole rings is 1. The van der Waals surface area contributed by atoms with Crippen LogP contribution >= 0.6 is 11.3 Å². The van der Waals surface area contributed by atoms with Crippen LogP contribution in [0.4, 0.5) is 0 Å². The largest absolute Gasteiger partial charge is 0.496 e. The summed E-state index contributed by atoms with van der Waals surface area (Å²) in [6, 6.07) is 6.38. The van der Waals surface area contributed by atoms with Gasteiger partial charge in [-0.15, -0.1) is 11.3 Å². The number of nitrogens with two attached hydrogens (primary N) is 1. The minimum Gasteiger partial charge on any atom is -0.496 e. The fraction of sp³-hybridized carbons (Fsp3) is 0.400. The summed E-state index contributed by atoms with van der Waals surface area (Å²) < 4.78 is 5.30. The van der Waals surface area contributed by atoms with Gasteiger partial charge in [-0.2, -0.15) is 0 Å². The maximum atomic E-state index is 6.16. The molecule has 1 aliphatic rings. The van der Waals surface area contributed by atoms with Crippen LogP contribution in [0, 0.1) is 6.92 Å². The SMILES string of the molecule is COc1ccc(-c2nc3c(s2)C(N)CCC3)cc1C. The van der Waals surface area contributed by atoms with E-state index in [1.807, 2.05) is 6.07 Å². The topological polar surface area (TPSA) is 48.1 Å². The van der Waals surface area contributed by atoms with Gasteiger partial charge in [0, 0.05) is 16.5 Å². The molecule has 0 spiro atoms. The average Bonchev–Trinajstić information content (AvgIpc) is 2.84. The van der Waals surface area contributed by atoms with Crippen molar-refractivity contribution >= 4 is 11.3 Å². The maximum Gasteiger partial charge on any atom is 0.123 e. The third-order valence-electron chi connectivity index (χ3n) is 3.63. The van der Waals surface area contributed by atoms with Crippen LogP contribution in [0.5, 0.6) is 5.75 Å². The number of ether oxygens (including phenoxy) is 1. The molecule has 19 heavy (non-hydrogen) atoms. The zero-order chi connectivity index (χ0) is 13.4. The highest BCUT2D eigenvalue weighted by Crippen LogP contribution is 2.37. The van der Waals surface area contributed by atoms with Gasteiger partial charge >= 0.3 is 0 Å². The minimum absolute atomic E-state index is 0.175. The van der Waals surface area contributed by atoms with E-state index in [-0.39, 0.29) is 6.04 Å². The van der Waals surface area contributed by atoms with Crippen molar-refractivity contribution in [1.29, 1.82) is 0 Å². The van der Waals surface area contributed by atoms with Crippen molar-refractivity contribution in [2.45, 2.75) is 32.2 Å². The first-order chi connectivity index (χ1) is 9.19. The predicted octanol–water partition coefficient (Wildman–Crippen LogP) is 3.46. The Hall–Kier alpha value is -1.39. The van der Waals surface area contributed by atoms with Crippen LogP contribution in [0.2, 0.25) is 0 Å². The van der Waals surface area contributed by atoms with Gasteiger partial charge in [-0.05, 0) is 49.9 Å². The van der Waals surface area contributed by atoms with E-state index in [0.717, 1.165) is 41.1 Å². The van der Waals surface area contributed by atoms with Crippen molar-refractivity contribution in [2.75, 3.05) is 7.11 Å². The second-order valence-electron chi connectivity index (χ2n) is 5.01. The summed E-state index contributed by atoms with van der Waals surface area (Å²) in [7, 11) is 1.70. The van der Waals surface area contributed by atoms with Crippen molar-refractivity contribution in [3.8, 4) is 16.3 Å². The van der Waals surface area contributed by atoms with Crippen molar-refractivity contribution < 1.29 is 4.74 Å². The molecule has 0 bridgehead atoms. The third-order valence-corrected chi connectivity index (χ3v) is 4.91. The molecule has 1 aromatic carbocycles. The number of methoxy groups -OCH3 is 1. The molecule has 4 heteroatoms. The van der Waals surface area contributed by atoms with Crippen molar-refractivity contribution in [1.82, 2.24) is 4.98 Å². The van der Waals surface area contributed by atoms with Crippen molar-refractivity contribution in [3.63, 3.8) is 0 Å². The summed E-state index contributed by atoms with van der Waals surface area (Å²) in [5, 5.41) is 1.08. The molecule has 1 unspecified atom stereocenters. The number of aromatic nitrogens is 1. The van der Waals surface area contributed by atoms with Gasteiger partial charge in [0.05, 0.1) is 12.8 Å². The van der Waals surface area contributed by atoms with Crippen LogP contribution in [0.15, 0.2) is 18.2 Å². The zero-order valence-corrected chi connectivity index (χ0v) is 12.1. The third kappa shape index (κ3) is 2.26. The van der Waals surface area contributed by atoms with Crippen LogP contribution in [-0.2, 0) is 6.42 Å². The number of rotatable bonds is 2. The highest BCUT2D eigenvalue weighted by Gasteiger charge is 2.22. The molecule has 100 valence electrons. The highest BCUT2D eigenvalue weighted by molar-refractivity contribution is 7.15. The van der Waals surface area contributed by atoms with Crippen LogP contribution in [0.1, 0.15) is 35.0 Å². The van der Waals surface area contributed by atoms with Crippen LogP contribution in [0.3, 0.4) is 0 Å². The van der Waals surface area contributed by atoms with Crippen molar-refractivity contribution in [3.05, 3.63) is 34.3 Å². The van der Waals surface area contributed by atoms with Gasteiger partial charge in [-0.1, -0.05) is 0 Å². The van der Waals surface area contributed by atoms with Gasteiger partial charge in [0.25, 0.3) is 0 Å². The lowest BCUT2D eigenvalue weighted by Crippen LogP contribution is -2.15. The molecule has 0 aliphatic heterocycles. The van der Waals surface area contributed by atoms with Crippen LogP contribution < -0.4 is 10.5 Å². The van der Waals surface area contributed by atoms with E-state index in [9.17, 15) is 0 Å². The fourth-order valence-corrected chi connectivity index (χ4v) is 3.73. The number of fused-ring (bicyclic) bond motifs is 1. The van der Waals surface area contributed by atoms with Gasteiger partial charge in [-0.25, -0.2) is 4.98 Å². The Morgan fingerprint density at radius 2 is 2.26 bits per heavy atom. The smallest absolute Gasteiger partial charge is 0.123 e. The summed E-state index contributed by atoms with van der Waals surface area (Å²) >= 11 is 1.74. The van der Waals surface area contributed by atoms with E-state index >= 15 is 0 Å². The second kappa shape index (κ2) is 4.94. The van der Waals surface area contributed by atoms with Gasteiger partial charge in [-0.3, -0.25) is 0 Å². The summed E-state index contributed by atoms with van der Waals surface area (Å²) in [5.74, 6) is 0.918. The van der Waals surface area contributed by atoms with Gasteiger partial charge in [0.1, 0.15) is 10.8 Å². The Morgan fingerprint density at radius 1 is 1.42 bits per heavy atom. The Kier molecular flexibility index (Phi) is 3.29. The molecule has 3 nitrogen and oxygen atoms in total. The van der Waals surface area contributed by atoms with E-state index in [1.54, 1.807) is 18.4 Å². The average molecular weight is 274 g/mol. The number of benzene rings is 1. The molecule has 2 aromatic rings. The Labute approximate surface area is 117 Å². The van der Waals surface area contributed by atoms with E-state index in [2.05, 4.69) is 19.1 Å². The Bertz CT molecular complexity index is 606. The number of hydrogen-bond donors (Lipinski definition) is 1. The van der Waals surface area contributed by atoms with E-state index in [1.165, 1.54) is 10.6 Å². The predicted molar refractivity (Wildman–Crippen MR) is 78.7 cm³/mol. The first-order valence-corrected chi connectivity index (χ1v) is 7.41. The molecule has 1 aromatic heterocycles. The van der Waals surface area contributed by atoms with Gasteiger partial charge < -0.3 is 10.5 Å². The van der Waals surface area contributed by atoms with Crippen molar-refractivity contribution in [2.24, 2.45) is 5.73 Å². The molecule has 1 atom stereocenters. The first kappa shape index (κ1) is 12.6. The fourth-order valence-electron chi connectivity index (χ4n) is 2.59. The molecule has 0 saturated heterocycles. The van der Waals surface area contributed by atoms with Crippen LogP contribution in [0.25, 0.3) is 10.6 Å². The lowest BCUT2D eigenvalue weighted by Gasteiger charge is -2.15. The standard InChI is InChI=1S/C15H18N2OS/c1-9-8-10(6-7-13(9)18-2)15-17-12-5-3-4-11(16)14(12)19-15/h6-8,11H,3-5,16H2,1-2H3. The lowest BCUT2D eigenvalue weighted by atomic mass is 9.99. The Balaban J connectivity index is 2.01. The normalized spacial score (nSPS) is 18.2. The monoisotopic (exact) mass is 274 g/mol. The molecule has 3 rings (SSSR count). The summed E-state index contributed by atoms with van der Waals surface area (Å²) in [6.45, 7) is 2.06. The number of aryl methyl sites for hydroxylation is 2. The quantitative estimate of drug-likeness (QED) is 0.912. The molecule has 0 amide bonds. The molecule has 1 heterocycles. The van der Waals surface area contributed by atoms with E-state index in [0.29, 0.717) is 0 Å². The summed E-state index contributed by atoms with van der Waals surface area (Å²) in [6.07, 6.45) is 3.30. The molecular formula is C15H18N2OS. The molecule has 0 fully saturated rings. The zero-order valence-electron chi connectivity index (χ0n) is 11.3. The summed E-state index contributed by atoms with van der Waals surface area (Å²) in [5.41, 5.74) is 9.66. The molecular weight excluding hydrogens is 256 g/mol. The lowest BCUT2D eigenvalue weighted by molar-refractivity contribution is 0.412. The molecule has 0 radical (unpaired) electrons. The van der Waals surface area contributed by atoms with E-state index in [4.69, 9.17) is 15.5 Å². The second-order valence-corrected chi connectivity index (χ2v) is 6.04. The maximum absolute atomic E-state index is 6.16. The number of hydrogen-bond acceptors (Lipinski definition) is 4. The highest BCUT2D eigenvalue weighted by atomic mass is 32.1. The van der Waals surface area contributed by atoms with Crippen LogP contribution in [-0.4, -0.2) is 12.1 Å². The Morgan fingerprint density at radius 3 is 2.95 bits per heavy atom. The van der Waals surface area contributed by atoms with Gasteiger partial charge in [0.15, 0.2) is 0 Å². The summed E-state index contributed by atoms with van der Waals surface area (Å²) in [4.78, 5) is 6.04. The minimum atomic E-state index is 0.175. The molecule has 2 N–H and O–H groups in total. The van der Waals surface area contributed by atoms with Gasteiger partial charge in [0.2, 0.25) is 0 Å². The number of nitrogens with zero attached hydrogens (tertiary/aromatic N) is 1. The van der Waals surface area contributed by atoms with E-state index < -0.39 is 0 Å². The molecule has 0 saturated carbocycles. The first-order valence-electron chi connectivity index (χ1n) is 6.59.